The molecule has 1 aromatic carbocycles. The Kier molecular flexibility index (Phi) is 9.75. The van der Waals surface area contributed by atoms with E-state index in [-0.39, 0.29) is 11.4 Å². The van der Waals surface area contributed by atoms with Gasteiger partial charge < -0.3 is 15.4 Å². The molecule has 0 spiro atoms. The molecule has 0 unspecified atom stereocenters. The lowest BCUT2D eigenvalue weighted by Crippen LogP contribution is -2.42. The van der Waals surface area contributed by atoms with E-state index in [9.17, 15) is 8.42 Å². The first-order chi connectivity index (χ1) is 13.1. The number of aliphatic imine (C=N–C) groups is 1. The first-order valence-corrected chi connectivity index (χ1v) is 11.5. The van der Waals surface area contributed by atoms with Crippen LogP contribution >= 0.6 is 0 Å². The maximum Gasteiger partial charge on any atom is 0.215 e. The van der Waals surface area contributed by atoms with Crippen LogP contribution in [0.5, 0.6) is 5.75 Å². The number of nitrogens with one attached hydrogen (secondary N) is 2. The summed E-state index contributed by atoms with van der Waals surface area (Å²) in [6.07, 6.45) is 0. The van der Waals surface area contributed by atoms with Crippen molar-refractivity contribution in [3.63, 3.8) is 0 Å². The van der Waals surface area contributed by atoms with Crippen molar-refractivity contribution < 1.29 is 13.2 Å². The van der Waals surface area contributed by atoms with Crippen LogP contribution in [0.25, 0.3) is 0 Å². The fourth-order valence-corrected chi connectivity index (χ4v) is 4.02. The van der Waals surface area contributed by atoms with Gasteiger partial charge in [-0.25, -0.2) is 17.7 Å². The van der Waals surface area contributed by atoms with Crippen LogP contribution in [0.3, 0.4) is 0 Å². The average Bonchev–Trinajstić information content (AvgIpc) is 2.60. The van der Waals surface area contributed by atoms with Crippen LogP contribution in [-0.2, 0) is 16.6 Å². The Labute approximate surface area is 170 Å². The van der Waals surface area contributed by atoms with E-state index in [1.165, 1.54) is 4.31 Å². The van der Waals surface area contributed by atoms with Crippen molar-refractivity contribution in [1.82, 2.24) is 14.9 Å². The third kappa shape index (κ3) is 8.48. The van der Waals surface area contributed by atoms with Crippen LogP contribution < -0.4 is 15.4 Å². The predicted octanol–water partition coefficient (Wildman–Crippen LogP) is 2.59. The molecule has 0 saturated carbocycles. The monoisotopic (exact) mass is 412 g/mol. The van der Waals surface area contributed by atoms with E-state index in [2.05, 4.69) is 15.6 Å². The zero-order valence-electron chi connectivity index (χ0n) is 18.1. The SMILES string of the molecule is CCNC(=NCc1ccccc1OC(C)(C)C)NCCS(=O)(=O)N(CC)CC. The third-order valence-corrected chi connectivity index (χ3v) is 5.91. The summed E-state index contributed by atoms with van der Waals surface area (Å²) >= 11 is 0. The number of hydrogen-bond acceptors (Lipinski definition) is 4. The fourth-order valence-electron chi connectivity index (χ4n) is 2.61. The highest BCUT2D eigenvalue weighted by molar-refractivity contribution is 7.89. The zero-order valence-corrected chi connectivity index (χ0v) is 18.9. The number of sulfonamides is 1. The molecule has 0 radical (unpaired) electrons. The molecule has 1 rings (SSSR count). The van der Waals surface area contributed by atoms with E-state index < -0.39 is 10.0 Å². The van der Waals surface area contributed by atoms with Gasteiger partial charge in [-0.1, -0.05) is 32.0 Å². The molecule has 0 aromatic heterocycles. The number of hydrogen-bond donors (Lipinski definition) is 2. The topological polar surface area (TPSA) is 83.0 Å². The van der Waals surface area contributed by atoms with E-state index in [1.54, 1.807) is 0 Å². The summed E-state index contributed by atoms with van der Waals surface area (Å²) < 4.78 is 32.1. The first-order valence-electron chi connectivity index (χ1n) is 9.89. The minimum atomic E-state index is -3.26. The van der Waals surface area contributed by atoms with Crippen LogP contribution in [0.2, 0.25) is 0 Å². The maximum atomic E-state index is 12.3. The number of nitrogens with zero attached hydrogens (tertiary/aromatic N) is 2. The molecule has 0 bridgehead atoms. The summed E-state index contributed by atoms with van der Waals surface area (Å²) in [6.45, 7) is 14.1. The van der Waals surface area contributed by atoms with Crippen molar-refractivity contribution in [3.8, 4) is 5.75 Å². The number of rotatable bonds is 10. The van der Waals surface area contributed by atoms with Gasteiger partial charge in [0.15, 0.2) is 5.96 Å². The lowest BCUT2D eigenvalue weighted by Gasteiger charge is -2.23. The molecular formula is C20H36N4O3S. The minimum absolute atomic E-state index is 0.0306. The van der Waals surface area contributed by atoms with Crippen molar-refractivity contribution in [2.45, 2.75) is 53.7 Å². The van der Waals surface area contributed by atoms with Gasteiger partial charge in [0.05, 0.1) is 12.3 Å². The van der Waals surface area contributed by atoms with Gasteiger partial charge in [0.25, 0.3) is 0 Å². The highest BCUT2D eigenvalue weighted by Crippen LogP contribution is 2.23. The van der Waals surface area contributed by atoms with Gasteiger partial charge in [-0.15, -0.1) is 0 Å². The van der Waals surface area contributed by atoms with Crippen LogP contribution in [0.1, 0.15) is 47.1 Å². The van der Waals surface area contributed by atoms with Gasteiger partial charge in [-0.05, 0) is 33.8 Å². The zero-order chi connectivity index (χ0) is 21.2. The molecule has 1 aromatic rings. The molecule has 0 amide bonds. The van der Waals surface area contributed by atoms with Gasteiger partial charge in [0.1, 0.15) is 11.4 Å². The smallest absolute Gasteiger partial charge is 0.215 e. The highest BCUT2D eigenvalue weighted by Gasteiger charge is 2.18. The Balaban J connectivity index is 2.78. The van der Waals surface area contributed by atoms with Crippen molar-refractivity contribution in [3.05, 3.63) is 29.8 Å². The number of benzene rings is 1. The molecule has 28 heavy (non-hydrogen) atoms. The van der Waals surface area contributed by atoms with Crippen molar-refractivity contribution in [1.29, 1.82) is 0 Å². The Bertz CT molecular complexity index is 723. The number of guanidine groups is 1. The average molecular weight is 413 g/mol. The van der Waals surface area contributed by atoms with E-state index >= 15 is 0 Å². The first kappa shape index (κ1) is 24.2. The van der Waals surface area contributed by atoms with Crippen LogP contribution in [0, 0.1) is 0 Å². The van der Waals surface area contributed by atoms with E-state index in [0.29, 0.717) is 38.7 Å². The Morgan fingerprint density at radius 1 is 1.11 bits per heavy atom. The predicted molar refractivity (Wildman–Crippen MR) is 116 cm³/mol. The summed E-state index contributed by atoms with van der Waals surface area (Å²) in [5.41, 5.74) is 0.687. The third-order valence-electron chi connectivity index (χ3n) is 3.89. The van der Waals surface area contributed by atoms with Gasteiger partial charge in [0, 0.05) is 31.7 Å². The highest BCUT2D eigenvalue weighted by atomic mass is 32.2. The normalized spacial score (nSPS) is 12.9. The van der Waals surface area contributed by atoms with Gasteiger partial charge in [-0.2, -0.15) is 0 Å². The lowest BCUT2D eigenvalue weighted by atomic mass is 10.1. The number of ether oxygens (including phenoxy) is 1. The second kappa shape index (κ2) is 11.3. The summed E-state index contributed by atoms with van der Waals surface area (Å²) in [5, 5.41) is 6.26. The quantitative estimate of drug-likeness (QED) is 0.456. The van der Waals surface area contributed by atoms with E-state index in [1.807, 2.05) is 65.8 Å². The molecule has 0 fully saturated rings. The van der Waals surface area contributed by atoms with E-state index in [4.69, 9.17) is 4.74 Å². The van der Waals surface area contributed by atoms with E-state index in [0.717, 1.165) is 11.3 Å². The van der Waals surface area contributed by atoms with Crippen molar-refractivity contribution in [2.24, 2.45) is 4.99 Å². The molecule has 0 atom stereocenters. The molecule has 0 aliphatic heterocycles. The molecule has 7 nitrogen and oxygen atoms in total. The number of para-hydroxylation sites is 1. The van der Waals surface area contributed by atoms with Gasteiger partial charge in [0.2, 0.25) is 10.0 Å². The lowest BCUT2D eigenvalue weighted by molar-refractivity contribution is 0.129. The van der Waals surface area contributed by atoms with Gasteiger partial charge in [-0.3, -0.25) is 0 Å². The summed E-state index contributed by atoms with van der Waals surface area (Å²) in [7, 11) is -3.26. The second-order valence-corrected chi connectivity index (χ2v) is 9.43. The standard InChI is InChI=1S/C20H36N4O3S/c1-7-21-19(22-14-15-28(25,26)24(8-2)9-3)23-16-17-12-10-11-13-18(17)27-20(4,5)6/h10-13H,7-9,14-16H2,1-6H3,(H2,21,22,23). The van der Waals surface area contributed by atoms with Crippen LogP contribution in [-0.4, -0.2) is 56.2 Å². The van der Waals surface area contributed by atoms with Gasteiger partial charge >= 0.3 is 0 Å². The second-order valence-electron chi connectivity index (χ2n) is 7.34. The summed E-state index contributed by atoms with van der Waals surface area (Å²) in [5.74, 6) is 1.42. The van der Waals surface area contributed by atoms with Crippen molar-refractivity contribution in [2.75, 3.05) is 31.9 Å². The maximum absolute atomic E-state index is 12.3. The fraction of sp³-hybridized carbons (Fsp3) is 0.650. The molecule has 0 saturated heterocycles. The molecule has 0 aliphatic rings. The molecule has 2 N–H and O–H groups in total. The Hall–Kier alpha value is -1.80. The molecule has 0 aliphatic carbocycles. The van der Waals surface area contributed by atoms with Crippen molar-refractivity contribution >= 4 is 16.0 Å². The Morgan fingerprint density at radius 2 is 1.75 bits per heavy atom. The summed E-state index contributed by atoms with van der Waals surface area (Å²) in [4.78, 5) is 4.59. The van der Waals surface area contributed by atoms with Crippen LogP contribution in [0.15, 0.2) is 29.3 Å². The molecule has 0 heterocycles. The largest absolute Gasteiger partial charge is 0.488 e. The molecule has 8 heteroatoms. The molecular weight excluding hydrogens is 376 g/mol. The minimum Gasteiger partial charge on any atom is -0.488 e. The van der Waals surface area contributed by atoms with Crippen LogP contribution in [0.4, 0.5) is 0 Å². The summed E-state index contributed by atoms with van der Waals surface area (Å²) in [6, 6.07) is 7.82. The molecule has 160 valence electrons. The Morgan fingerprint density at radius 3 is 2.32 bits per heavy atom.